The Bertz CT molecular complexity index is 349. The van der Waals surface area contributed by atoms with Gasteiger partial charge in [0, 0.05) is 12.5 Å². The zero-order valence-corrected chi connectivity index (χ0v) is 10.7. The van der Waals surface area contributed by atoms with Gasteiger partial charge in [0.2, 0.25) is 5.89 Å². The minimum atomic E-state index is 0.132. The number of aromatic nitrogens is 2. The summed E-state index contributed by atoms with van der Waals surface area (Å²) >= 11 is 0. The summed E-state index contributed by atoms with van der Waals surface area (Å²) in [5.41, 5.74) is 0.132. The molecular weight excluding hydrogens is 202 g/mol. The summed E-state index contributed by atoms with van der Waals surface area (Å²) in [6, 6.07) is 0.358. The molecule has 1 heterocycles. The highest BCUT2D eigenvalue weighted by atomic mass is 16.5. The van der Waals surface area contributed by atoms with E-state index >= 15 is 0 Å². The number of nitrogens with one attached hydrogen (secondary N) is 1. The highest BCUT2D eigenvalue weighted by molar-refractivity contribution is 5.38. The first-order chi connectivity index (χ1) is 7.40. The molecule has 0 bridgehead atoms. The predicted molar refractivity (Wildman–Crippen MR) is 65.0 cm³/mol. The SMILES string of the molecule is CNC(C)Cc1noc(/C=C/C(C)(C)C)n1. The maximum absolute atomic E-state index is 5.13. The first-order valence-electron chi connectivity index (χ1n) is 5.60. The van der Waals surface area contributed by atoms with Crippen LogP contribution in [0.1, 0.15) is 39.4 Å². The van der Waals surface area contributed by atoms with Crippen LogP contribution in [0.3, 0.4) is 0 Å². The number of rotatable bonds is 4. The molecule has 1 N–H and O–H groups in total. The van der Waals surface area contributed by atoms with Crippen LogP contribution < -0.4 is 5.32 Å². The Morgan fingerprint density at radius 3 is 2.69 bits per heavy atom. The quantitative estimate of drug-likeness (QED) is 0.850. The van der Waals surface area contributed by atoms with E-state index in [1.54, 1.807) is 0 Å². The third-order valence-electron chi connectivity index (χ3n) is 2.19. The van der Waals surface area contributed by atoms with Gasteiger partial charge in [0.1, 0.15) is 0 Å². The van der Waals surface area contributed by atoms with Crippen molar-refractivity contribution in [1.82, 2.24) is 15.5 Å². The monoisotopic (exact) mass is 223 g/mol. The second kappa shape index (κ2) is 5.25. The van der Waals surface area contributed by atoms with Crippen LogP contribution >= 0.6 is 0 Å². The van der Waals surface area contributed by atoms with Gasteiger partial charge in [0.05, 0.1) is 0 Å². The van der Waals surface area contributed by atoms with Crippen LogP contribution in [0.2, 0.25) is 0 Å². The van der Waals surface area contributed by atoms with E-state index in [-0.39, 0.29) is 5.41 Å². The predicted octanol–water partition coefficient (Wildman–Crippen LogP) is 2.28. The molecule has 0 aliphatic carbocycles. The molecule has 0 radical (unpaired) electrons. The molecule has 4 nitrogen and oxygen atoms in total. The number of hydrogen-bond donors (Lipinski definition) is 1. The van der Waals surface area contributed by atoms with E-state index in [0.29, 0.717) is 11.9 Å². The van der Waals surface area contributed by atoms with E-state index < -0.39 is 0 Å². The second-order valence-corrected chi connectivity index (χ2v) is 5.14. The summed E-state index contributed by atoms with van der Waals surface area (Å²) < 4.78 is 5.13. The number of allylic oxidation sites excluding steroid dienone is 1. The van der Waals surface area contributed by atoms with E-state index in [1.807, 2.05) is 13.1 Å². The van der Waals surface area contributed by atoms with Gasteiger partial charge in [-0.2, -0.15) is 4.98 Å². The molecule has 0 amide bonds. The zero-order chi connectivity index (χ0) is 12.2. The Labute approximate surface area is 97.1 Å². The fourth-order valence-electron chi connectivity index (χ4n) is 1.12. The maximum Gasteiger partial charge on any atom is 0.250 e. The van der Waals surface area contributed by atoms with Gasteiger partial charge in [0.25, 0.3) is 0 Å². The first-order valence-corrected chi connectivity index (χ1v) is 5.60. The molecule has 0 aliphatic heterocycles. The fraction of sp³-hybridized carbons (Fsp3) is 0.667. The van der Waals surface area contributed by atoms with Crippen molar-refractivity contribution in [2.75, 3.05) is 7.05 Å². The smallest absolute Gasteiger partial charge is 0.250 e. The van der Waals surface area contributed by atoms with Crippen molar-refractivity contribution in [3.8, 4) is 0 Å². The number of likely N-dealkylation sites (N-methyl/N-ethyl adjacent to an activating group) is 1. The maximum atomic E-state index is 5.13. The lowest BCUT2D eigenvalue weighted by Crippen LogP contribution is -2.24. The third-order valence-corrected chi connectivity index (χ3v) is 2.19. The van der Waals surface area contributed by atoms with Crippen molar-refractivity contribution in [1.29, 1.82) is 0 Å². The van der Waals surface area contributed by atoms with Crippen LogP contribution in [0.15, 0.2) is 10.6 Å². The van der Waals surface area contributed by atoms with Gasteiger partial charge in [-0.15, -0.1) is 0 Å². The minimum Gasteiger partial charge on any atom is -0.335 e. The van der Waals surface area contributed by atoms with Crippen molar-refractivity contribution in [3.05, 3.63) is 17.8 Å². The molecule has 0 fully saturated rings. The van der Waals surface area contributed by atoms with Gasteiger partial charge in [-0.05, 0) is 25.5 Å². The Morgan fingerprint density at radius 2 is 2.12 bits per heavy atom. The lowest BCUT2D eigenvalue weighted by molar-refractivity contribution is 0.399. The first kappa shape index (κ1) is 12.9. The summed E-state index contributed by atoms with van der Waals surface area (Å²) in [5, 5.41) is 7.07. The highest BCUT2D eigenvalue weighted by Crippen LogP contribution is 2.16. The summed E-state index contributed by atoms with van der Waals surface area (Å²) in [6.07, 6.45) is 4.72. The van der Waals surface area contributed by atoms with Crippen molar-refractivity contribution in [2.24, 2.45) is 5.41 Å². The van der Waals surface area contributed by atoms with E-state index in [1.165, 1.54) is 0 Å². The van der Waals surface area contributed by atoms with Crippen molar-refractivity contribution in [3.63, 3.8) is 0 Å². The van der Waals surface area contributed by atoms with Crippen molar-refractivity contribution in [2.45, 2.75) is 40.2 Å². The Morgan fingerprint density at radius 1 is 1.44 bits per heavy atom. The van der Waals surface area contributed by atoms with Crippen LogP contribution in [-0.4, -0.2) is 23.2 Å². The van der Waals surface area contributed by atoms with Crippen LogP contribution in [0.5, 0.6) is 0 Å². The van der Waals surface area contributed by atoms with Gasteiger partial charge >= 0.3 is 0 Å². The normalized spacial score (nSPS) is 14.6. The largest absolute Gasteiger partial charge is 0.335 e. The molecule has 1 unspecified atom stereocenters. The van der Waals surface area contributed by atoms with Gasteiger partial charge in [-0.3, -0.25) is 0 Å². The molecule has 1 aromatic heterocycles. The third kappa shape index (κ3) is 4.57. The fourth-order valence-corrected chi connectivity index (χ4v) is 1.12. The minimum absolute atomic E-state index is 0.132. The van der Waals surface area contributed by atoms with E-state index in [4.69, 9.17) is 4.52 Å². The molecule has 16 heavy (non-hydrogen) atoms. The number of hydrogen-bond acceptors (Lipinski definition) is 4. The van der Waals surface area contributed by atoms with Gasteiger partial charge in [-0.25, -0.2) is 0 Å². The topological polar surface area (TPSA) is 51.0 Å². The molecule has 0 aliphatic rings. The van der Waals surface area contributed by atoms with Crippen molar-refractivity contribution >= 4 is 6.08 Å². The molecule has 90 valence electrons. The molecule has 1 aromatic rings. The summed E-state index contributed by atoms with van der Waals surface area (Å²) in [5.74, 6) is 1.32. The molecule has 0 aromatic carbocycles. The van der Waals surface area contributed by atoms with E-state index in [0.717, 1.165) is 12.2 Å². The van der Waals surface area contributed by atoms with Crippen LogP contribution in [0.25, 0.3) is 6.08 Å². The Hall–Kier alpha value is -1.16. The average molecular weight is 223 g/mol. The van der Waals surface area contributed by atoms with Crippen LogP contribution in [0.4, 0.5) is 0 Å². The van der Waals surface area contributed by atoms with Gasteiger partial charge in [0.15, 0.2) is 5.82 Å². The molecule has 4 heteroatoms. The Kier molecular flexibility index (Phi) is 4.24. The van der Waals surface area contributed by atoms with E-state index in [9.17, 15) is 0 Å². The van der Waals surface area contributed by atoms with Crippen molar-refractivity contribution < 1.29 is 4.52 Å². The molecule has 1 atom stereocenters. The lowest BCUT2D eigenvalue weighted by Gasteiger charge is -2.09. The molecule has 0 spiro atoms. The van der Waals surface area contributed by atoms with Crippen LogP contribution in [-0.2, 0) is 6.42 Å². The lowest BCUT2D eigenvalue weighted by atomic mass is 9.96. The second-order valence-electron chi connectivity index (χ2n) is 5.14. The van der Waals surface area contributed by atoms with Gasteiger partial charge in [-0.1, -0.05) is 32.0 Å². The zero-order valence-electron chi connectivity index (χ0n) is 10.7. The summed E-state index contributed by atoms with van der Waals surface area (Å²) in [4.78, 5) is 4.30. The summed E-state index contributed by atoms with van der Waals surface area (Å²) in [6.45, 7) is 8.47. The molecular formula is C12H21N3O. The van der Waals surface area contributed by atoms with Gasteiger partial charge < -0.3 is 9.84 Å². The number of nitrogens with zero attached hydrogens (tertiary/aromatic N) is 2. The molecule has 0 saturated carbocycles. The standard InChI is InChI=1S/C12H21N3O/c1-9(13-5)8-10-14-11(16-15-10)6-7-12(2,3)4/h6-7,9,13H,8H2,1-5H3/b7-6+. The molecule has 1 rings (SSSR count). The van der Waals surface area contributed by atoms with Crippen LogP contribution in [0, 0.1) is 5.41 Å². The average Bonchev–Trinajstić information content (AvgIpc) is 2.61. The molecule has 0 saturated heterocycles. The van der Waals surface area contributed by atoms with E-state index in [2.05, 4.69) is 49.2 Å². The highest BCUT2D eigenvalue weighted by Gasteiger charge is 2.09. The Balaban J connectivity index is 2.62. The summed E-state index contributed by atoms with van der Waals surface area (Å²) in [7, 11) is 1.92.